The molecule has 0 amide bonds. The summed E-state index contributed by atoms with van der Waals surface area (Å²) in [5, 5.41) is 0. The summed E-state index contributed by atoms with van der Waals surface area (Å²) in [5.41, 5.74) is 1.64. The second kappa shape index (κ2) is 13.0. The van der Waals surface area contributed by atoms with Crippen LogP contribution in [0.3, 0.4) is 0 Å². The highest BCUT2D eigenvalue weighted by molar-refractivity contribution is 5.91. The number of carbonyl (C=O) groups excluding carboxylic acids is 3. The SMILES string of the molecule is O=C(OC[C@H]1O[C@@H]2O[C@@H](c3ccccc3)O[C@H]2[C@@H](OC(=O)c2ccccc2)[C@@H]1OC(=O)c1ccccc1)c1ccccc1. The van der Waals surface area contributed by atoms with Crippen LogP contribution in [-0.2, 0) is 28.4 Å². The molecule has 6 atom stereocenters. The van der Waals surface area contributed by atoms with Crippen LogP contribution < -0.4 is 0 Å². The highest BCUT2D eigenvalue weighted by Gasteiger charge is 2.56. The lowest BCUT2D eigenvalue weighted by Gasteiger charge is -2.41. The number of carbonyl (C=O) groups is 3. The zero-order valence-corrected chi connectivity index (χ0v) is 22.9. The molecule has 2 heterocycles. The first-order valence-corrected chi connectivity index (χ1v) is 13.8. The van der Waals surface area contributed by atoms with Crippen molar-refractivity contribution in [3.05, 3.63) is 144 Å². The van der Waals surface area contributed by atoms with E-state index in [1.807, 2.05) is 30.3 Å². The van der Waals surface area contributed by atoms with Crippen LogP contribution in [0.25, 0.3) is 0 Å². The molecule has 4 aromatic rings. The molecule has 2 aliphatic rings. The molecule has 9 heteroatoms. The van der Waals surface area contributed by atoms with Crippen LogP contribution in [0.1, 0.15) is 42.9 Å². The van der Waals surface area contributed by atoms with Crippen molar-refractivity contribution in [2.24, 2.45) is 0 Å². The van der Waals surface area contributed by atoms with Crippen molar-refractivity contribution >= 4 is 17.9 Å². The van der Waals surface area contributed by atoms with E-state index >= 15 is 0 Å². The normalized spacial score (nSPS) is 24.4. The van der Waals surface area contributed by atoms with Crippen molar-refractivity contribution in [2.75, 3.05) is 6.61 Å². The molecule has 0 unspecified atom stereocenters. The van der Waals surface area contributed by atoms with E-state index in [1.165, 1.54) is 0 Å². The number of rotatable bonds is 8. The van der Waals surface area contributed by atoms with E-state index in [2.05, 4.69) is 0 Å². The number of fused-ring (bicyclic) bond motifs is 1. The number of hydrogen-bond donors (Lipinski definition) is 0. The fourth-order valence-corrected chi connectivity index (χ4v) is 4.95. The Hall–Kier alpha value is -4.83. The highest BCUT2D eigenvalue weighted by Crippen LogP contribution is 2.40. The van der Waals surface area contributed by atoms with E-state index in [1.54, 1.807) is 91.0 Å². The van der Waals surface area contributed by atoms with E-state index in [4.69, 9.17) is 28.4 Å². The van der Waals surface area contributed by atoms with E-state index in [9.17, 15) is 14.4 Å². The van der Waals surface area contributed by atoms with Gasteiger partial charge in [-0.25, -0.2) is 14.4 Å². The molecule has 0 radical (unpaired) electrons. The molecule has 0 spiro atoms. The van der Waals surface area contributed by atoms with Gasteiger partial charge in [-0.3, -0.25) is 0 Å². The van der Waals surface area contributed by atoms with Gasteiger partial charge in [0, 0.05) is 5.56 Å². The molecule has 6 rings (SSSR count). The average molecular weight is 581 g/mol. The molecule has 0 aliphatic carbocycles. The van der Waals surface area contributed by atoms with Crippen molar-refractivity contribution in [1.82, 2.24) is 0 Å². The van der Waals surface area contributed by atoms with Crippen LogP contribution in [0.5, 0.6) is 0 Å². The van der Waals surface area contributed by atoms with Gasteiger partial charge in [-0.1, -0.05) is 84.9 Å². The molecule has 2 fully saturated rings. The summed E-state index contributed by atoms with van der Waals surface area (Å²) in [5.74, 6) is -1.92. The van der Waals surface area contributed by atoms with Crippen molar-refractivity contribution in [3.63, 3.8) is 0 Å². The van der Waals surface area contributed by atoms with Gasteiger partial charge in [0.15, 0.2) is 30.9 Å². The molecule has 43 heavy (non-hydrogen) atoms. The molecule has 4 aromatic carbocycles. The van der Waals surface area contributed by atoms with Crippen molar-refractivity contribution in [3.8, 4) is 0 Å². The third kappa shape index (κ3) is 6.49. The maximum atomic E-state index is 13.3. The second-order valence-electron chi connectivity index (χ2n) is 9.96. The van der Waals surface area contributed by atoms with Gasteiger partial charge >= 0.3 is 17.9 Å². The van der Waals surface area contributed by atoms with Crippen LogP contribution in [0, 0.1) is 0 Å². The smallest absolute Gasteiger partial charge is 0.338 e. The Kier molecular flexibility index (Phi) is 8.55. The summed E-state index contributed by atoms with van der Waals surface area (Å²) >= 11 is 0. The topological polar surface area (TPSA) is 107 Å². The fourth-order valence-electron chi connectivity index (χ4n) is 4.95. The Morgan fingerprint density at radius 2 is 1.00 bits per heavy atom. The molecule has 0 bridgehead atoms. The quantitative estimate of drug-likeness (QED) is 0.207. The molecule has 9 nitrogen and oxygen atoms in total. The molecule has 0 aromatic heterocycles. The van der Waals surface area contributed by atoms with Gasteiger partial charge in [0.1, 0.15) is 12.7 Å². The van der Waals surface area contributed by atoms with Gasteiger partial charge in [-0.05, 0) is 36.4 Å². The Morgan fingerprint density at radius 3 is 1.53 bits per heavy atom. The fraction of sp³-hybridized carbons (Fsp3) is 0.206. The van der Waals surface area contributed by atoms with Crippen molar-refractivity contribution in [1.29, 1.82) is 0 Å². The minimum atomic E-state index is -1.22. The van der Waals surface area contributed by atoms with E-state index in [0.29, 0.717) is 11.1 Å². The van der Waals surface area contributed by atoms with Crippen LogP contribution in [0.2, 0.25) is 0 Å². The Morgan fingerprint density at radius 1 is 0.535 bits per heavy atom. The minimum absolute atomic E-state index is 0.281. The summed E-state index contributed by atoms with van der Waals surface area (Å²) in [6, 6.07) is 34.5. The standard InChI is InChI=1S/C34H28O9/c35-30(22-13-5-1-6-14-22)38-21-26-27(40-31(36)23-15-7-2-8-16-23)28(41-32(37)24-17-9-3-10-18-24)29-34(39-26)43-33(42-29)25-19-11-4-12-20-25/h1-20,26-29,33-34H,21H2/t26-,27-,28+,29+,33+,34-/m1/s1. The van der Waals surface area contributed by atoms with E-state index in [-0.39, 0.29) is 12.2 Å². The zero-order valence-electron chi connectivity index (χ0n) is 22.9. The first kappa shape index (κ1) is 28.3. The van der Waals surface area contributed by atoms with Crippen molar-refractivity contribution in [2.45, 2.75) is 37.0 Å². The summed E-state index contributed by atoms with van der Waals surface area (Å²) in [7, 11) is 0. The van der Waals surface area contributed by atoms with Gasteiger partial charge in [0.25, 0.3) is 0 Å². The molecule has 218 valence electrons. The Balaban J connectivity index is 1.32. The second-order valence-corrected chi connectivity index (χ2v) is 9.96. The predicted octanol–water partition coefficient (Wildman–Crippen LogP) is 5.13. The van der Waals surface area contributed by atoms with Gasteiger partial charge in [-0.15, -0.1) is 0 Å². The molecular formula is C34H28O9. The van der Waals surface area contributed by atoms with Gasteiger partial charge in [0.05, 0.1) is 16.7 Å². The van der Waals surface area contributed by atoms with Gasteiger partial charge < -0.3 is 28.4 Å². The largest absolute Gasteiger partial charge is 0.459 e. The van der Waals surface area contributed by atoms with Crippen LogP contribution in [-0.4, -0.2) is 55.2 Å². The number of benzene rings is 4. The third-order valence-electron chi connectivity index (χ3n) is 7.09. The molecule has 0 N–H and O–H groups in total. The summed E-state index contributed by atoms with van der Waals surface area (Å²) in [4.78, 5) is 39.4. The van der Waals surface area contributed by atoms with E-state index < -0.39 is 54.9 Å². The Labute approximate surface area is 247 Å². The molecule has 0 saturated carbocycles. The number of ether oxygens (including phenoxy) is 6. The third-order valence-corrected chi connectivity index (χ3v) is 7.09. The van der Waals surface area contributed by atoms with Crippen molar-refractivity contribution < 1.29 is 42.8 Å². The monoisotopic (exact) mass is 580 g/mol. The maximum absolute atomic E-state index is 13.3. The number of hydrogen-bond acceptors (Lipinski definition) is 9. The van der Waals surface area contributed by atoms with Gasteiger partial charge in [-0.2, -0.15) is 0 Å². The first-order chi connectivity index (χ1) is 21.1. The number of esters is 3. The molecule has 2 saturated heterocycles. The molecule has 2 aliphatic heterocycles. The lowest BCUT2D eigenvalue weighted by molar-refractivity contribution is -0.252. The lowest BCUT2D eigenvalue weighted by atomic mass is 9.98. The summed E-state index contributed by atoms with van der Waals surface area (Å²) in [6.07, 6.45) is -6.28. The van der Waals surface area contributed by atoms with Crippen LogP contribution in [0.4, 0.5) is 0 Å². The minimum Gasteiger partial charge on any atom is -0.459 e. The zero-order chi connectivity index (χ0) is 29.6. The maximum Gasteiger partial charge on any atom is 0.338 e. The van der Waals surface area contributed by atoms with Gasteiger partial charge in [0.2, 0.25) is 0 Å². The van der Waals surface area contributed by atoms with Crippen LogP contribution >= 0.6 is 0 Å². The van der Waals surface area contributed by atoms with E-state index in [0.717, 1.165) is 5.56 Å². The lowest BCUT2D eigenvalue weighted by Crippen LogP contribution is -2.60. The average Bonchev–Trinajstić information content (AvgIpc) is 3.50. The highest BCUT2D eigenvalue weighted by atomic mass is 16.8. The Bertz CT molecular complexity index is 1530. The summed E-state index contributed by atoms with van der Waals surface area (Å²) in [6.45, 7) is -0.317. The predicted molar refractivity (Wildman–Crippen MR) is 152 cm³/mol. The first-order valence-electron chi connectivity index (χ1n) is 13.8. The molecular weight excluding hydrogens is 552 g/mol. The summed E-state index contributed by atoms with van der Waals surface area (Å²) < 4.78 is 36.1. The van der Waals surface area contributed by atoms with Crippen LogP contribution in [0.15, 0.2) is 121 Å².